The minimum Gasteiger partial charge on any atom is -0.354 e. The van der Waals surface area contributed by atoms with Crippen molar-refractivity contribution in [3.8, 4) is 0 Å². The topological polar surface area (TPSA) is 88.9 Å². The molecular formula is C16H20ClN5O2. The van der Waals surface area contributed by atoms with Gasteiger partial charge in [0.25, 0.3) is 0 Å². The summed E-state index contributed by atoms with van der Waals surface area (Å²) < 4.78 is 1.38. The number of nitrogens with zero attached hydrogens (tertiary/aromatic N) is 3. The van der Waals surface area contributed by atoms with E-state index in [9.17, 15) is 9.59 Å². The van der Waals surface area contributed by atoms with Crippen LogP contribution < -0.4 is 10.6 Å². The van der Waals surface area contributed by atoms with Gasteiger partial charge in [0.15, 0.2) is 5.82 Å². The lowest BCUT2D eigenvalue weighted by atomic mass is 10.1. The molecule has 2 amide bonds. The number of benzene rings is 1. The molecule has 0 aliphatic carbocycles. The molecule has 0 aliphatic heterocycles. The first-order valence-corrected chi connectivity index (χ1v) is 8.04. The number of aromatic nitrogens is 3. The number of anilines is 1. The van der Waals surface area contributed by atoms with Crippen molar-refractivity contribution in [2.75, 3.05) is 11.9 Å². The molecule has 0 saturated carbocycles. The Balaban J connectivity index is 1.75. The summed E-state index contributed by atoms with van der Waals surface area (Å²) >= 11 is 5.83. The number of carbonyl (C=O) groups is 2. The third kappa shape index (κ3) is 5.66. The van der Waals surface area contributed by atoms with E-state index in [1.165, 1.54) is 10.9 Å². The molecule has 0 bridgehead atoms. The maximum atomic E-state index is 11.9. The molecule has 0 saturated heterocycles. The average molecular weight is 350 g/mol. The van der Waals surface area contributed by atoms with Gasteiger partial charge in [0.1, 0.15) is 6.54 Å². The smallest absolute Gasteiger partial charge is 0.241 e. The van der Waals surface area contributed by atoms with Crippen molar-refractivity contribution in [1.82, 2.24) is 20.3 Å². The molecule has 1 aromatic carbocycles. The summed E-state index contributed by atoms with van der Waals surface area (Å²) in [5.74, 6) is -0.126. The van der Waals surface area contributed by atoms with Crippen molar-refractivity contribution < 1.29 is 9.59 Å². The zero-order valence-corrected chi connectivity index (χ0v) is 14.4. The van der Waals surface area contributed by atoms with Crippen LogP contribution in [0.25, 0.3) is 0 Å². The van der Waals surface area contributed by atoms with E-state index in [1.807, 2.05) is 24.3 Å². The van der Waals surface area contributed by atoms with Gasteiger partial charge in [-0.15, -0.1) is 5.10 Å². The van der Waals surface area contributed by atoms with Crippen LogP contribution in [0.4, 0.5) is 5.82 Å². The second kappa shape index (κ2) is 8.44. The van der Waals surface area contributed by atoms with Gasteiger partial charge in [-0.05, 0) is 24.1 Å². The molecule has 0 fully saturated rings. The highest BCUT2D eigenvalue weighted by molar-refractivity contribution is 6.30. The molecule has 0 spiro atoms. The van der Waals surface area contributed by atoms with Crippen molar-refractivity contribution in [3.63, 3.8) is 0 Å². The van der Waals surface area contributed by atoms with Gasteiger partial charge >= 0.3 is 0 Å². The first-order chi connectivity index (χ1) is 11.4. The van der Waals surface area contributed by atoms with Gasteiger partial charge in [-0.1, -0.05) is 42.8 Å². The Morgan fingerprint density at radius 3 is 2.62 bits per heavy atom. The van der Waals surface area contributed by atoms with E-state index >= 15 is 0 Å². The fraction of sp³-hybridized carbons (Fsp3) is 0.375. The number of amides is 2. The maximum Gasteiger partial charge on any atom is 0.241 e. The fourth-order valence-corrected chi connectivity index (χ4v) is 2.03. The summed E-state index contributed by atoms with van der Waals surface area (Å²) in [6, 6.07) is 7.49. The molecule has 2 aromatic rings. The fourth-order valence-electron chi connectivity index (χ4n) is 1.90. The summed E-state index contributed by atoms with van der Waals surface area (Å²) in [6.45, 7) is 4.14. The van der Waals surface area contributed by atoms with Gasteiger partial charge in [0.05, 0.1) is 6.20 Å². The third-order valence-electron chi connectivity index (χ3n) is 3.27. The number of rotatable bonds is 7. The summed E-state index contributed by atoms with van der Waals surface area (Å²) in [7, 11) is 0. The summed E-state index contributed by atoms with van der Waals surface area (Å²) in [6.07, 6.45) is 2.25. The van der Waals surface area contributed by atoms with E-state index in [2.05, 4.69) is 20.9 Å². The van der Waals surface area contributed by atoms with Gasteiger partial charge in [0, 0.05) is 17.5 Å². The lowest BCUT2D eigenvalue weighted by Crippen LogP contribution is -2.29. The Morgan fingerprint density at radius 1 is 1.25 bits per heavy atom. The van der Waals surface area contributed by atoms with Crippen LogP contribution in [0.5, 0.6) is 0 Å². The minimum atomic E-state index is -0.171. The highest BCUT2D eigenvalue weighted by atomic mass is 35.5. The van der Waals surface area contributed by atoms with Crippen molar-refractivity contribution in [1.29, 1.82) is 0 Å². The molecule has 8 heteroatoms. The zero-order valence-electron chi connectivity index (χ0n) is 13.6. The summed E-state index contributed by atoms with van der Waals surface area (Å²) in [5, 5.41) is 13.8. The van der Waals surface area contributed by atoms with Crippen LogP contribution in [0.1, 0.15) is 19.4 Å². The largest absolute Gasteiger partial charge is 0.354 e. The van der Waals surface area contributed by atoms with Crippen molar-refractivity contribution in [2.24, 2.45) is 5.92 Å². The normalized spacial score (nSPS) is 10.7. The van der Waals surface area contributed by atoms with Crippen LogP contribution in [0.15, 0.2) is 30.5 Å². The molecule has 1 aromatic heterocycles. The Hall–Kier alpha value is -2.41. The Labute approximate surface area is 145 Å². The second-order valence-electron chi connectivity index (χ2n) is 5.67. The van der Waals surface area contributed by atoms with E-state index in [-0.39, 0.29) is 24.3 Å². The highest BCUT2D eigenvalue weighted by Crippen LogP contribution is 2.09. The molecule has 2 N–H and O–H groups in total. The predicted molar refractivity (Wildman–Crippen MR) is 91.7 cm³/mol. The lowest BCUT2D eigenvalue weighted by molar-refractivity contribution is -0.122. The lowest BCUT2D eigenvalue weighted by Gasteiger charge is -2.05. The van der Waals surface area contributed by atoms with Gasteiger partial charge in [0.2, 0.25) is 11.8 Å². The van der Waals surface area contributed by atoms with Crippen molar-refractivity contribution in [2.45, 2.75) is 26.8 Å². The van der Waals surface area contributed by atoms with Gasteiger partial charge in [-0.25, -0.2) is 4.68 Å². The van der Waals surface area contributed by atoms with Gasteiger partial charge < -0.3 is 10.6 Å². The van der Waals surface area contributed by atoms with E-state index in [0.717, 1.165) is 12.0 Å². The van der Waals surface area contributed by atoms with E-state index < -0.39 is 0 Å². The van der Waals surface area contributed by atoms with Crippen molar-refractivity contribution >= 4 is 29.2 Å². The summed E-state index contributed by atoms with van der Waals surface area (Å²) in [5.41, 5.74) is 1.10. The number of halogens is 1. The van der Waals surface area contributed by atoms with E-state index in [0.29, 0.717) is 17.4 Å². The third-order valence-corrected chi connectivity index (χ3v) is 3.52. The van der Waals surface area contributed by atoms with E-state index in [4.69, 9.17) is 11.6 Å². The molecule has 2 rings (SSSR count). The van der Waals surface area contributed by atoms with Crippen LogP contribution in [-0.2, 0) is 22.6 Å². The molecule has 0 radical (unpaired) electrons. The monoisotopic (exact) mass is 349 g/mol. The SMILES string of the molecule is CC(C)C(=O)Nc1cn(CC(=O)NCCc2ccc(Cl)cc2)nn1. The van der Waals surface area contributed by atoms with Gasteiger partial charge in [-0.2, -0.15) is 0 Å². The Kier molecular flexibility index (Phi) is 6.31. The first kappa shape index (κ1) is 17.9. The zero-order chi connectivity index (χ0) is 17.5. The van der Waals surface area contributed by atoms with E-state index in [1.54, 1.807) is 13.8 Å². The number of nitrogens with one attached hydrogen (secondary N) is 2. The molecular weight excluding hydrogens is 330 g/mol. The maximum absolute atomic E-state index is 11.9. The first-order valence-electron chi connectivity index (χ1n) is 7.66. The highest BCUT2D eigenvalue weighted by Gasteiger charge is 2.10. The van der Waals surface area contributed by atoms with Crippen LogP contribution in [-0.4, -0.2) is 33.4 Å². The molecule has 24 heavy (non-hydrogen) atoms. The predicted octanol–water partition coefficient (Wildman–Crippen LogP) is 1.88. The van der Waals surface area contributed by atoms with Crippen LogP contribution in [0.2, 0.25) is 5.02 Å². The molecule has 1 heterocycles. The standard InChI is InChI=1S/C16H20ClN5O2/c1-11(2)16(24)19-14-9-22(21-20-14)10-15(23)18-8-7-12-3-5-13(17)6-4-12/h3-6,9,11H,7-8,10H2,1-2H3,(H,18,23)(H,19,24). The van der Waals surface area contributed by atoms with Crippen molar-refractivity contribution in [3.05, 3.63) is 41.0 Å². The van der Waals surface area contributed by atoms with Crippen LogP contribution in [0, 0.1) is 5.92 Å². The quantitative estimate of drug-likeness (QED) is 0.798. The second-order valence-corrected chi connectivity index (χ2v) is 6.11. The Morgan fingerprint density at radius 2 is 1.96 bits per heavy atom. The molecule has 7 nitrogen and oxygen atoms in total. The minimum absolute atomic E-state index is 0.0468. The molecule has 0 atom stereocenters. The Bertz CT molecular complexity index is 697. The van der Waals surface area contributed by atoms with Gasteiger partial charge in [-0.3, -0.25) is 9.59 Å². The summed E-state index contributed by atoms with van der Waals surface area (Å²) in [4.78, 5) is 23.5. The number of hydrogen-bond donors (Lipinski definition) is 2. The number of hydrogen-bond acceptors (Lipinski definition) is 4. The average Bonchev–Trinajstić information content (AvgIpc) is 2.96. The van der Waals surface area contributed by atoms with Crippen LogP contribution in [0.3, 0.4) is 0 Å². The van der Waals surface area contributed by atoms with Crippen LogP contribution >= 0.6 is 11.6 Å². The number of carbonyl (C=O) groups excluding carboxylic acids is 2. The molecule has 0 unspecified atom stereocenters. The molecule has 0 aliphatic rings. The molecule has 128 valence electrons.